The molecule has 0 rings (SSSR count). The van der Waals surface area contributed by atoms with Gasteiger partial charge in [0, 0.05) is 0 Å². The fourth-order valence-corrected chi connectivity index (χ4v) is 3.02. The second-order valence-corrected chi connectivity index (χ2v) is 13.1. The van der Waals surface area contributed by atoms with Gasteiger partial charge in [-0.3, -0.25) is 0 Å². The molecule has 0 saturated carbocycles. The van der Waals surface area contributed by atoms with Gasteiger partial charge in [0.05, 0.1) is 6.10 Å². The minimum absolute atomic E-state index is 0.295. The molecule has 0 aromatic carbocycles. The molecule has 0 amide bonds. The van der Waals surface area contributed by atoms with E-state index in [2.05, 4.69) is 83.3 Å². The molecule has 0 aliphatic heterocycles. The van der Waals surface area contributed by atoms with Crippen molar-refractivity contribution in [1.29, 1.82) is 0 Å². The van der Waals surface area contributed by atoms with E-state index < -0.39 is 8.32 Å². The maximum atomic E-state index is 6.51. The summed E-state index contributed by atoms with van der Waals surface area (Å²) in [5.41, 5.74) is 0. The average molecular weight is 368 g/mol. The first-order valence-electron chi connectivity index (χ1n) is 6.47. The molecule has 1 nitrogen and oxygen atoms in total. The number of hydrogen-bond acceptors (Lipinski definition) is 1. The van der Waals surface area contributed by atoms with Gasteiger partial charge in [-0.05, 0) is 63.6 Å². The molecule has 0 bridgehead atoms. The smallest absolute Gasteiger partial charge is 0.192 e. The van der Waals surface area contributed by atoms with Crippen molar-refractivity contribution in [2.24, 2.45) is 5.92 Å². The van der Waals surface area contributed by atoms with Crippen LogP contribution in [0.5, 0.6) is 0 Å². The summed E-state index contributed by atoms with van der Waals surface area (Å²) in [6.07, 6.45) is 3.69. The molecule has 17 heavy (non-hydrogen) atoms. The minimum atomic E-state index is -1.63. The second kappa shape index (κ2) is 6.71. The van der Waals surface area contributed by atoms with Gasteiger partial charge in [0.1, 0.15) is 0 Å². The van der Waals surface area contributed by atoms with Crippen LogP contribution in [0.15, 0.2) is 9.66 Å². The molecule has 0 saturated heterocycles. The summed E-state index contributed by atoms with van der Waals surface area (Å²) in [5.74, 6) is 0.580. The Balaban J connectivity index is 4.72. The van der Waals surface area contributed by atoms with E-state index in [1.54, 1.807) is 0 Å². The Morgan fingerprint density at radius 3 is 2.06 bits per heavy atom. The molecule has 0 aliphatic rings. The lowest BCUT2D eigenvalue weighted by atomic mass is 10.0. The van der Waals surface area contributed by atoms with E-state index >= 15 is 0 Å². The molecule has 0 spiro atoms. The summed E-state index contributed by atoms with van der Waals surface area (Å²) in [7, 11) is -1.63. The molecule has 0 unspecified atom stereocenters. The number of halogens is 1. The molecule has 0 heterocycles. The highest BCUT2D eigenvalue weighted by Gasteiger charge is 2.39. The normalized spacial score (nSPS) is 16.5. The molecular formula is C14H29IOSi. The standard InChI is InChI=1S/C14H29IOSi/c1-11(2)13(10-9-12(3)15)16-17(7,8)14(4,5)6/h9,11,13H,10H2,1-8H3/b12-9+/t13-/m0/s1. The second-order valence-electron chi connectivity index (χ2n) is 6.69. The molecule has 0 aliphatic carbocycles. The topological polar surface area (TPSA) is 9.23 Å². The molecular weight excluding hydrogens is 339 g/mol. The summed E-state index contributed by atoms with van der Waals surface area (Å²) in [5, 5.41) is 0.295. The summed E-state index contributed by atoms with van der Waals surface area (Å²) >= 11 is 2.37. The Kier molecular flexibility index (Phi) is 6.96. The van der Waals surface area contributed by atoms with Crippen molar-refractivity contribution in [2.75, 3.05) is 0 Å². The van der Waals surface area contributed by atoms with Gasteiger partial charge < -0.3 is 4.43 Å². The van der Waals surface area contributed by atoms with E-state index in [-0.39, 0.29) is 0 Å². The van der Waals surface area contributed by atoms with Crippen LogP contribution < -0.4 is 0 Å². The first kappa shape index (κ1) is 17.6. The summed E-state index contributed by atoms with van der Waals surface area (Å²) in [6, 6.07) is 0. The Morgan fingerprint density at radius 1 is 1.29 bits per heavy atom. The van der Waals surface area contributed by atoms with Gasteiger partial charge in [-0.15, -0.1) is 0 Å². The van der Waals surface area contributed by atoms with Gasteiger partial charge in [-0.1, -0.05) is 40.7 Å². The summed E-state index contributed by atoms with van der Waals surface area (Å²) < 4.78 is 7.86. The molecule has 0 radical (unpaired) electrons. The van der Waals surface area contributed by atoms with Crippen LogP contribution in [0.3, 0.4) is 0 Å². The highest BCUT2D eigenvalue weighted by Crippen LogP contribution is 2.38. The SMILES string of the molecule is C/C(I)=C\C[C@H](O[Si](C)(C)C(C)(C)C)C(C)C. The monoisotopic (exact) mass is 368 g/mol. The van der Waals surface area contributed by atoms with Gasteiger partial charge in [-0.25, -0.2) is 0 Å². The van der Waals surface area contributed by atoms with Gasteiger partial charge in [0.25, 0.3) is 0 Å². The van der Waals surface area contributed by atoms with E-state index in [1.807, 2.05) is 0 Å². The largest absolute Gasteiger partial charge is 0.413 e. The molecule has 102 valence electrons. The molecule has 0 aromatic heterocycles. The van der Waals surface area contributed by atoms with Crippen molar-refractivity contribution in [1.82, 2.24) is 0 Å². The minimum Gasteiger partial charge on any atom is -0.413 e. The number of rotatable bonds is 5. The molecule has 3 heteroatoms. The van der Waals surface area contributed by atoms with Crippen molar-refractivity contribution in [3.63, 3.8) is 0 Å². The summed E-state index contributed by atoms with van der Waals surface area (Å²) in [6.45, 7) is 18.2. The first-order valence-corrected chi connectivity index (χ1v) is 10.5. The van der Waals surface area contributed by atoms with E-state index in [9.17, 15) is 0 Å². The predicted molar refractivity (Wildman–Crippen MR) is 89.3 cm³/mol. The zero-order chi connectivity index (χ0) is 13.9. The molecule has 0 fully saturated rings. The Bertz CT molecular complexity index is 260. The maximum Gasteiger partial charge on any atom is 0.192 e. The van der Waals surface area contributed by atoms with Crippen LogP contribution >= 0.6 is 22.6 Å². The first-order chi connectivity index (χ1) is 7.47. The van der Waals surface area contributed by atoms with Gasteiger partial charge in [-0.2, -0.15) is 0 Å². The average Bonchev–Trinajstić information content (AvgIpc) is 2.09. The third kappa shape index (κ3) is 6.39. The van der Waals surface area contributed by atoms with Crippen LogP contribution in [0.2, 0.25) is 18.1 Å². The third-order valence-electron chi connectivity index (χ3n) is 3.63. The molecule has 0 aromatic rings. The fourth-order valence-electron chi connectivity index (χ4n) is 1.29. The van der Waals surface area contributed by atoms with Crippen molar-refractivity contribution in [3.8, 4) is 0 Å². The van der Waals surface area contributed by atoms with Gasteiger partial charge in [0.15, 0.2) is 8.32 Å². The third-order valence-corrected chi connectivity index (χ3v) is 8.57. The number of allylic oxidation sites excluding steroid dienone is 1. The van der Waals surface area contributed by atoms with Gasteiger partial charge >= 0.3 is 0 Å². The van der Waals surface area contributed by atoms with Crippen molar-refractivity contribution >= 4 is 30.9 Å². The highest BCUT2D eigenvalue weighted by molar-refractivity contribution is 14.1. The zero-order valence-electron chi connectivity index (χ0n) is 12.7. The van der Waals surface area contributed by atoms with Crippen LogP contribution in [0.25, 0.3) is 0 Å². The van der Waals surface area contributed by atoms with Crippen LogP contribution in [-0.2, 0) is 4.43 Å². The van der Waals surface area contributed by atoms with Crippen LogP contribution in [0, 0.1) is 5.92 Å². The Hall–Kier alpha value is 0.647. The van der Waals surface area contributed by atoms with Crippen molar-refractivity contribution in [2.45, 2.75) is 72.2 Å². The van der Waals surface area contributed by atoms with Crippen molar-refractivity contribution in [3.05, 3.63) is 9.66 Å². The van der Waals surface area contributed by atoms with Crippen molar-refractivity contribution < 1.29 is 4.43 Å². The Morgan fingerprint density at radius 2 is 1.76 bits per heavy atom. The quantitative estimate of drug-likeness (QED) is 0.443. The lowest BCUT2D eigenvalue weighted by molar-refractivity contribution is 0.136. The summed E-state index contributed by atoms with van der Waals surface area (Å²) in [4.78, 5) is 0. The Labute approximate surface area is 123 Å². The van der Waals surface area contributed by atoms with E-state index in [0.717, 1.165) is 6.42 Å². The maximum absolute atomic E-state index is 6.51. The molecule has 0 N–H and O–H groups in total. The number of hydrogen-bond donors (Lipinski definition) is 0. The lowest BCUT2D eigenvalue weighted by Gasteiger charge is -2.40. The van der Waals surface area contributed by atoms with Crippen LogP contribution in [-0.4, -0.2) is 14.4 Å². The lowest BCUT2D eigenvalue weighted by Crippen LogP contribution is -2.45. The van der Waals surface area contributed by atoms with Gasteiger partial charge in [0.2, 0.25) is 0 Å². The van der Waals surface area contributed by atoms with E-state index in [0.29, 0.717) is 17.1 Å². The fraction of sp³-hybridized carbons (Fsp3) is 0.857. The van der Waals surface area contributed by atoms with E-state index in [1.165, 1.54) is 3.58 Å². The highest BCUT2D eigenvalue weighted by atomic mass is 127. The predicted octanol–water partition coefficient (Wildman–Crippen LogP) is 5.76. The molecule has 1 atom stereocenters. The zero-order valence-corrected chi connectivity index (χ0v) is 15.9. The van der Waals surface area contributed by atoms with Crippen LogP contribution in [0.1, 0.15) is 48.0 Å². The van der Waals surface area contributed by atoms with E-state index in [4.69, 9.17) is 4.43 Å². The van der Waals surface area contributed by atoms with Crippen LogP contribution in [0.4, 0.5) is 0 Å².